The number of hydrogen-bond donors (Lipinski definition) is 0. The second-order valence-electron chi connectivity index (χ2n) is 4.56. The van der Waals surface area contributed by atoms with Gasteiger partial charge in [-0.1, -0.05) is 18.2 Å². The van der Waals surface area contributed by atoms with Gasteiger partial charge in [-0.2, -0.15) is 0 Å². The highest BCUT2D eigenvalue weighted by Crippen LogP contribution is 2.18. The lowest BCUT2D eigenvalue weighted by atomic mass is 9.94. The molecule has 0 aromatic heterocycles. The zero-order valence-electron chi connectivity index (χ0n) is 10.5. The normalized spacial score (nSPS) is 17.4. The Balaban J connectivity index is 1.85. The first-order valence-electron chi connectivity index (χ1n) is 6.19. The van der Waals surface area contributed by atoms with Gasteiger partial charge in [0.2, 0.25) is 0 Å². The summed E-state index contributed by atoms with van der Waals surface area (Å²) in [6.07, 6.45) is 1.52. The largest absolute Gasteiger partial charge is 0.364 e. The third kappa shape index (κ3) is 3.17. The lowest BCUT2D eigenvalue weighted by Gasteiger charge is -2.29. The highest BCUT2D eigenvalue weighted by Gasteiger charge is 2.24. The van der Waals surface area contributed by atoms with Crippen LogP contribution in [0, 0.1) is 5.92 Å². The maximum absolute atomic E-state index is 11.8. The number of piperidine rings is 1. The highest BCUT2D eigenvalue weighted by molar-refractivity contribution is 5.89. The number of carbonyl (C=O) groups is 2. The molecule has 1 aliphatic rings. The molecular formula is C14H17NO3. The summed E-state index contributed by atoms with van der Waals surface area (Å²) >= 11 is 0. The van der Waals surface area contributed by atoms with Crippen LogP contribution in [-0.2, 0) is 9.63 Å². The third-order valence-corrected chi connectivity index (χ3v) is 3.25. The number of Topliss-reactive ketones (excluding diaryl/α,β-unsaturated/α-hetero) is 1. The number of carbonyl (C=O) groups excluding carboxylic acids is 2. The molecule has 2 rings (SSSR count). The van der Waals surface area contributed by atoms with E-state index in [-0.39, 0.29) is 17.7 Å². The number of nitrogens with zero attached hydrogens (tertiary/aromatic N) is 1. The molecule has 0 N–H and O–H groups in total. The van der Waals surface area contributed by atoms with Crippen molar-refractivity contribution in [1.82, 2.24) is 5.06 Å². The molecule has 18 heavy (non-hydrogen) atoms. The Bertz CT molecular complexity index is 422. The van der Waals surface area contributed by atoms with E-state index in [0.29, 0.717) is 18.7 Å². The average molecular weight is 247 g/mol. The third-order valence-electron chi connectivity index (χ3n) is 3.25. The molecule has 0 atom stereocenters. The van der Waals surface area contributed by atoms with Gasteiger partial charge in [-0.25, -0.2) is 4.79 Å². The molecule has 1 aliphatic heterocycles. The van der Waals surface area contributed by atoms with Crippen LogP contribution in [0.3, 0.4) is 0 Å². The summed E-state index contributed by atoms with van der Waals surface area (Å²) in [4.78, 5) is 28.3. The van der Waals surface area contributed by atoms with E-state index in [0.717, 1.165) is 12.8 Å². The monoisotopic (exact) mass is 247 g/mol. The van der Waals surface area contributed by atoms with E-state index >= 15 is 0 Å². The van der Waals surface area contributed by atoms with Gasteiger partial charge >= 0.3 is 5.97 Å². The van der Waals surface area contributed by atoms with Gasteiger partial charge in [0.15, 0.2) is 0 Å². The number of ketones is 1. The second kappa shape index (κ2) is 5.78. The Labute approximate surface area is 106 Å². The summed E-state index contributed by atoms with van der Waals surface area (Å²) in [5.74, 6) is 0.0117. The van der Waals surface area contributed by atoms with Gasteiger partial charge in [0.05, 0.1) is 5.56 Å². The molecular weight excluding hydrogens is 230 g/mol. The lowest BCUT2D eigenvalue weighted by molar-refractivity contribution is -0.137. The molecule has 4 heteroatoms. The molecule has 0 radical (unpaired) electrons. The number of hydrogen-bond acceptors (Lipinski definition) is 4. The van der Waals surface area contributed by atoms with Crippen molar-refractivity contribution in [2.75, 3.05) is 13.1 Å². The van der Waals surface area contributed by atoms with E-state index in [2.05, 4.69) is 0 Å². The van der Waals surface area contributed by atoms with Crippen LogP contribution in [0.1, 0.15) is 30.1 Å². The van der Waals surface area contributed by atoms with Gasteiger partial charge in [-0.05, 0) is 31.9 Å². The average Bonchev–Trinajstić information content (AvgIpc) is 2.40. The molecule has 0 bridgehead atoms. The van der Waals surface area contributed by atoms with Crippen LogP contribution in [0.5, 0.6) is 0 Å². The molecule has 4 nitrogen and oxygen atoms in total. The van der Waals surface area contributed by atoms with Crippen molar-refractivity contribution in [3.8, 4) is 0 Å². The Morgan fingerprint density at radius 2 is 1.78 bits per heavy atom. The predicted molar refractivity (Wildman–Crippen MR) is 66.8 cm³/mol. The topological polar surface area (TPSA) is 46.6 Å². The van der Waals surface area contributed by atoms with Gasteiger partial charge in [0.25, 0.3) is 0 Å². The maximum Gasteiger partial charge on any atom is 0.357 e. The zero-order chi connectivity index (χ0) is 13.0. The Kier molecular flexibility index (Phi) is 4.10. The molecule has 0 saturated carbocycles. The summed E-state index contributed by atoms with van der Waals surface area (Å²) in [6, 6.07) is 8.92. The van der Waals surface area contributed by atoms with Crippen molar-refractivity contribution in [2.24, 2.45) is 5.92 Å². The Morgan fingerprint density at radius 1 is 1.17 bits per heavy atom. The van der Waals surface area contributed by atoms with E-state index in [9.17, 15) is 9.59 Å². The van der Waals surface area contributed by atoms with Gasteiger partial charge in [0, 0.05) is 19.0 Å². The van der Waals surface area contributed by atoms with Crippen LogP contribution in [0.15, 0.2) is 30.3 Å². The molecule has 0 amide bonds. The first kappa shape index (κ1) is 12.8. The van der Waals surface area contributed by atoms with Crippen molar-refractivity contribution in [3.05, 3.63) is 35.9 Å². The highest BCUT2D eigenvalue weighted by atomic mass is 16.7. The number of hydroxylamine groups is 2. The molecule has 96 valence electrons. The van der Waals surface area contributed by atoms with Crippen LogP contribution in [-0.4, -0.2) is 29.9 Å². The van der Waals surface area contributed by atoms with Crippen LogP contribution in [0.4, 0.5) is 0 Å². The molecule has 0 spiro atoms. The van der Waals surface area contributed by atoms with Gasteiger partial charge in [-0.3, -0.25) is 4.79 Å². The molecule has 1 aromatic carbocycles. The summed E-state index contributed by atoms with van der Waals surface area (Å²) in [6.45, 7) is 2.88. The van der Waals surface area contributed by atoms with Crippen LogP contribution in [0.2, 0.25) is 0 Å². The smallest absolute Gasteiger partial charge is 0.357 e. The zero-order valence-corrected chi connectivity index (χ0v) is 10.5. The van der Waals surface area contributed by atoms with E-state index in [1.807, 2.05) is 6.07 Å². The predicted octanol–water partition coefficient (Wildman–Crippen LogP) is 2.06. The fourth-order valence-electron chi connectivity index (χ4n) is 2.10. The van der Waals surface area contributed by atoms with Gasteiger partial charge < -0.3 is 4.84 Å². The summed E-state index contributed by atoms with van der Waals surface area (Å²) in [5.41, 5.74) is 0.547. The minimum Gasteiger partial charge on any atom is -0.364 e. The first-order valence-corrected chi connectivity index (χ1v) is 6.19. The van der Waals surface area contributed by atoms with E-state index in [4.69, 9.17) is 4.84 Å². The minimum atomic E-state index is -0.336. The van der Waals surface area contributed by atoms with Crippen molar-refractivity contribution in [1.29, 1.82) is 0 Å². The summed E-state index contributed by atoms with van der Waals surface area (Å²) in [5, 5.41) is 1.65. The molecule has 0 unspecified atom stereocenters. The molecule has 0 aliphatic carbocycles. The quantitative estimate of drug-likeness (QED) is 0.820. The second-order valence-corrected chi connectivity index (χ2v) is 4.56. The van der Waals surface area contributed by atoms with Gasteiger partial charge in [-0.15, -0.1) is 5.06 Å². The molecule has 1 heterocycles. The SMILES string of the molecule is CC(=O)C1CCN(OC(=O)c2ccccc2)CC1. The van der Waals surface area contributed by atoms with E-state index in [1.54, 1.807) is 36.3 Å². The summed E-state index contributed by atoms with van der Waals surface area (Å²) < 4.78 is 0. The number of rotatable bonds is 3. The first-order chi connectivity index (χ1) is 8.66. The van der Waals surface area contributed by atoms with Crippen LogP contribution >= 0.6 is 0 Å². The van der Waals surface area contributed by atoms with Crippen molar-refractivity contribution >= 4 is 11.8 Å². The van der Waals surface area contributed by atoms with Crippen molar-refractivity contribution in [2.45, 2.75) is 19.8 Å². The molecule has 1 fully saturated rings. The van der Waals surface area contributed by atoms with E-state index < -0.39 is 0 Å². The van der Waals surface area contributed by atoms with Crippen molar-refractivity contribution < 1.29 is 14.4 Å². The number of benzene rings is 1. The van der Waals surface area contributed by atoms with Crippen molar-refractivity contribution in [3.63, 3.8) is 0 Å². The Morgan fingerprint density at radius 3 is 2.33 bits per heavy atom. The van der Waals surface area contributed by atoms with Crippen LogP contribution < -0.4 is 0 Å². The fourth-order valence-corrected chi connectivity index (χ4v) is 2.10. The lowest BCUT2D eigenvalue weighted by Crippen LogP contribution is -2.37. The van der Waals surface area contributed by atoms with Crippen LogP contribution in [0.25, 0.3) is 0 Å². The fraction of sp³-hybridized carbons (Fsp3) is 0.429. The van der Waals surface area contributed by atoms with E-state index in [1.165, 1.54) is 0 Å². The minimum absolute atomic E-state index is 0.122. The Hall–Kier alpha value is -1.68. The molecule has 1 saturated heterocycles. The summed E-state index contributed by atoms with van der Waals surface area (Å²) in [7, 11) is 0. The standard InChI is InChI=1S/C14H17NO3/c1-11(16)12-7-9-15(10-8-12)18-14(17)13-5-3-2-4-6-13/h2-6,12H,7-10H2,1H3. The molecule has 1 aromatic rings. The van der Waals surface area contributed by atoms with Gasteiger partial charge in [0.1, 0.15) is 5.78 Å². The maximum atomic E-state index is 11.8.